The molecule has 5 heteroatoms. The first-order valence-electron chi connectivity index (χ1n) is 4.34. The summed E-state index contributed by atoms with van der Waals surface area (Å²) in [4.78, 5) is 10.9. The second-order valence-electron chi connectivity index (χ2n) is 2.78. The van der Waals surface area contributed by atoms with Crippen LogP contribution in [0.15, 0.2) is 22.7 Å². The number of amides is 1. The maximum atomic E-state index is 10.9. The van der Waals surface area contributed by atoms with Gasteiger partial charge in [-0.05, 0) is 18.2 Å². The second kappa shape index (κ2) is 5.60. The zero-order valence-corrected chi connectivity index (χ0v) is 10.1. The lowest BCUT2D eigenvalue weighted by Gasteiger charge is -2.09. The zero-order valence-electron chi connectivity index (χ0n) is 8.54. The summed E-state index contributed by atoms with van der Waals surface area (Å²) in [5.41, 5.74) is 0.815. The average Bonchev–Trinajstić information content (AvgIpc) is 2.26. The minimum Gasteiger partial charge on any atom is -0.496 e. The van der Waals surface area contributed by atoms with E-state index in [0.717, 1.165) is 10.0 Å². The molecule has 0 spiro atoms. The Kier molecular flexibility index (Phi) is 4.42. The van der Waals surface area contributed by atoms with Crippen molar-refractivity contribution in [3.05, 3.63) is 28.2 Å². The first-order chi connectivity index (χ1) is 7.17. The van der Waals surface area contributed by atoms with Gasteiger partial charge in [0.25, 0.3) is 0 Å². The highest BCUT2D eigenvalue weighted by atomic mass is 79.9. The third kappa shape index (κ3) is 3.43. The van der Waals surface area contributed by atoms with E-state index in [1.54, 1.807) is 7.11 Å². The van der Waals surface area contributed by atoms with Crippen LogP contribution in [-0.4, -0.2) is 20.3 Å². The number of benzene rings is 1. The number of alkyl carbamates (subject to hydrolysis) is 1. The van der Waals surface area contributed by atoms with Crippen LogP contribution in [0.2, 0.25) is 0 Å². The van der Waals surface area contributed by atoms with Crippen LogP contribution in [0.25, 0.3) is 0 Å². The van der Waals surface area contributed by atoms with Crippen LogP contribution in [0, 0.1) is 0 Å². The Morgan fingerprint density at radius 2 is 2.27 bits per heavy atom. The summed E-state index contributed by atoms with van der Waals surface area (Å²) in [5.74, 6) is 0.696. The van der Waals surface area contributed by atoms with Gasteiger partial charge in [-0.25, -0.2) is 4.79 Å². The molecule has 0 saturated carbocycles. The summed E-state index contributed by atoms with van der Waals surface area (Å²) in [7, 11) is 3.09. The molecule has 0 aliphatic heterocycles. The molecule has 4 nitrogen and oxygen atoms in total. The van der Waals surface area contributed by atoms with E-state index in [4.69, 9.17) is 9.47 Å². The Morgan fingerprint density at radius 1 is 1.53 bits per heavy atom. The van der Waals surface area contributed by atoms with Gasteiger partial charge < -0.3 is 14.8 Å². The maximum absolute atomic E-state index is 10.9. The van der Waals surface area contributed by atoms with Crippen molar-refractivity contribution in [2.75, 3.05) is 14.2 Å². The highest BCUT2D eigenvalue weighted by Crippen LogP contribution is 2.23. The molecular formula is C10H12BrNO3. The summed E-state index contributed by atoms with van der Waals surface area (Å²) >= 11 is 3.34. The first-order valence-corrected chi connectivity index (χ1v) is 5.13. The minimum atomic E-state index is -0.461. The normalized spacial score (nSPS) is 9.53. The second-order valence-corrected chi connectivity index (χ2v) is 3.70. The fraction of sp³-hybridized carbons (Fsp3) is 0.300. The number of rotatable bonds is 3. The molecule has 82 valence electrons. The maximum Gasteiger partial charge on any atom is 0.407 e. The van der Waals surface area contributed by atoms with Crippen LogP contribution in [-0.2, 0) is 11.3 Å². The van der Waals surface area contributed by atoms with Crippen LogP contribution in [0.4, 0.5) is 4.79 Å². The molecule has 1 rings (SSSR count). The molecule has 0 heterocycles. The highest BCUT2D eigenvalue weighted by molar-refractivity contribution is 9.10. The molecule has 0 aliphatic carbocycles. The van der Waals surface area contributed by atoms with Gasteiger partial charge in [-0.2, -0.15) is 0 Å². The Bertz CT molecular complexity index is 355. The molecule has 0 bridgehead atoms. The Hall–Kier alpha value is -1.23. The number of carbonyl (C=O) groups excluding carboxylic acids is 1. The summed E-state index contributed by atoms with van der Waals surface area (Å²) in [6.07, 6.45) is -0.461. The zero-order chi connectivity index (χ0) is 11.3. The molecule has 0 atom stereocenters. The lowest BCUT2D eigenvalue weighted by Crippen LogP contribution is -2.19. The highest BCUT2D eigenvalue weighted by Gasteiger charge is 2.06. The topological polar surface area (TPSA) is 47.6 Å². The molecule has 0 fully saturated rings. The standard InChI is InChI=1S/C10H12BrNO3/c1-12-10(13)15-6-7-5-8(11)3-4-9(7)14-2/h3-5H,6H2,1-2H3,(H,12,13). The minimum absolute atomic E-state index is 0.183. The van der Waals surface area contributed by atoms with E-state index >= 15 is 0 Å². The van der Waals surface area contributed by atoms with E-state index in [1.807, 2.05) is 18.2 Å². The number of ether oxygens (including phenoxy) is 2. The van der Waals surface area contributed by atoms with Crippen molar-refractivity contribution >= 4 is 22.0 Å². The SMILES string of the molecule is CNC(=O)OCc1cc(Br)ccc1OC. The van der Waals surface area contributed by atoms with Crippen molar-refractivity contribution in [3.8, 4) is 5.75 Å². The van der Waals surface area contributed by atoms with E-state index in [9.17, 15) is 4.79 Å². The van der Waals surface area contributed by atoms with E-state index in [-0.39, 0.29) is 6.61 Å². The molecule has 1 aromatic rings. The number of hydrogen-bond donors (Lipinski definition) is 1. The summed E-state index contributed by atoms with van der Waals surface area (Å²) in [6.45, 7) is 0.183. The third-order valence-electron chi connectivity index (χ3n) is 1.81. The van der Waals surface area contributed by atoms with Gasteiger partial charge in [0.15, 0.2) is 0 Å². The molecule has 0 aliphatic rings. The predicted octanol–water partition coefficient (Wildman–Crippen LogP) is 2.31. The van der Waals surface area contributed by atoms with Crippen LogP contribution in [0.5, 0.6) is 5.75 Å². The molecule has 1 amide bonds. The quantitative estimate of drug-likeness (QED) is 0.920. The molecule has 1 N–H and O–H groups in total. The van der Waals surface area contributed by atoms with Crippen LogP contribution < -0.4 is 10.1 Å². The van der Waals surface area contributed by atoms with E-state index < -0.39 is 6.09 Å². The van der Waals surface area contributed by atoms with Crippen molar-refractivity contribution in [2.45, 2.75) is 6.61 Å². The first kappa shape index (κ1) is 11.8. The van der Waals surface area contributed by atoms with Gasteiger partial charge in [-0.1, -0.05) is 15.9 Å². The van der Waals surface area contributed by atoms with E-state index in [1.165, 1.54) is 7.05 Å². The summed E-state index contributed by atoms with van der Waals surface area (Å²) < 4.78 is 11.0. The number of carbonyl (C=O) groups is 1. The number of methoxy groups -OCH3 is 1. The van der Waals surface area contributed by atoms with Crippen molar-refractivity contribution < 1.29 is 14.3 Å². The van der Waals surface area contributed by atoms with Crippen molar-refractivity contribution in [2.24, 2.45) is 0 Å². The smallest absolute Gasteiger partial charge is 0.407 e. The lowest BCUT2D eigenvalue weighted by molar-refractivity contribution is 0.141. The van der Waals surface area contributed by atoms with Crippen LogP contribution >= 0.6 is 15.9 Å². The third-order valence-corrected chi connectivity index (χ3v) is 2.30. The number of nitrogens with one attached hydrogen (secondary N) is 1. The van der Waals surface area contributed by atoms with Gasteiger partial charge in [0.1, 0.15) is 12.4 Å². The molecular weight excluding hydrogens is 262 g/mol. The van der Waals surface area contributed by atoms with Crippen molar-refractivity contribution in [1.29, 1.82) is 0 Å². The summed E-state index contributed by atoms with van der Waals surface area (Å²) in [6, 6.07) is 5.52. The van der Waals surface area contributed by atoms with Crippen molar-refractivity contribution in [3.63, 3.8) is 0 Å². The van der Waals surface area contributed by atoms with E-state index in [0.29, 0.717) is 5.75 Å². The van der Waals surface area contributed by atoms with E-state index in [2.05, 4.69) is 21.2 Å². The molecule has 0 radical (unpaired) electrons. The lowest BCUT2D eigenvalue weighted by atomic mass is 10.2. The fourth-order valence-corrected chi connectivity index (χ4v) is 1.48. The van der Waals surface area contributed by atoms with Crippen LogP contribution in [0.3, 0.4) is 0 Å². The van der Waals surface area contributed by atoms with Crippen molar-refractivity contribution in [1.82, 2.24) is 5.32 Å². The molecule has 0 unspecified atom stereocenters. The fourth-order valence-electron chi connectivity index (χ4n) is 1.08. The Labute approximate surface area is 96.7 Å². The van der Waals surface area contributed by atoms with Gasteiger partial charge >= 0.3 is 6.09 Å². The number of hydrogen-bond acceptors (Lipinski definition) is 3. The monoisotopic (exact) mass is 273 g/mol. The molecule has 0 aromatic heterocycles. The summed E-state index contributed by atoms with van der Waals surface area (Å²) in [5, 5.41) is 2.37. The van der Waals surface area contributed by atoms with Gasteiger partial charge in [-0.15, -0.1) is 0 Å². The predicted molar refractivity (Wildman–Crippen MR) is 59.9 cm³/mol. The van der Waals surface area contributed by atoms with Gasteiger partial charge in [0.05, 0.1) is 7.11 Å². The average molecular weight is 274 g/mol. The molecule has 1 aromatic carbocycles. The number of halogens is 1. The van der Waals surface area contributed by atoms with Crippen LogP contribution in [0.1, 0.15) is 5.56 Å². The Morgan fingerprint density at radius 3 is 2.87 bits per heavy atom. The molecule has 0 saturated heterocycles. The van der Waals surface area contributed by atoms with Gasteiger partial charge in [0.2, 0.25) is 0 Å². The Balaban J connectivity index is 2.74. The molecule has 15 heavy (non-hydrogen) atoms. The van der Waals surface area contributed by atoms with Gasteiger partial charge in [-0.3, -0.25) is 0 Å². The van der Waals surface area contributed by atoms with Gasteiger partial charge in [0, 0.05) is 17.1 Å². The largest absolute Gasteiger partial charge is 0.496 e.